The average molecular weight is 2030 g/mol. The van der Waals surface area contributed by atoms with E-state index in [1.54, 1.807) is 73.8 Å². The lowest BCUT2D eigenvalue weighted by Gasteiger charge is -2.49. The molecule has 2 aliphatic carbocycles. The predicted octanol–water partition coefficient (Wildman–Crippen LogP) is 3.15. The van der Waals surface area contributed by atoms with Crippen LogP contribution in [0.15, 0.2) is 82.1 Å². The number of thioether (sulfide) groups is 3. The highest BCUT2D eigenvalue weighted by atomic mass is 127. The number of allylic oxidation sites excluding steroid dienone is 2. The van der Waals surface area contributed by atoms with Gasteiger partial charge in [0, 0.05) is 111 Å². The van der Waals surface area contributed by atoms with E-state index < -0.39 is 210 Å². The van der Waals surface area contributed by atoms with Crippen molar-refractivity contribution in [2.45, 2.75) is 259 Å². The number of alkyl carbamates (subject to hydrolysis) is 1. The van der Waals surface area contributed by atoms with Crippen LogP contribution in [-0.4, -0.2) is 310 Å². The lowest BCUT2D eigenvalue weighted by Crippen LogP contribution is -2.67. The van der Waals surface area contributed by atoms with Crippen LogP contribution in [0.25, 0.3) is 0 Å². The summed E-state index contributed by atoms with van der Waals surface area (Å²) in [6.45, 7) is 11.3. The Morgan fingerprint density at radius 3 is 2.21 bits per heavy atom. The Morgan fingerprint density at radius 1 is 0.817 bits per heavy atom. The van der Waals surface area contributed by atoms with Crippen LogP contribution >= 0.6 is 79.5 Å². The summed E-state index contributed by atoms with van der Waals surface area (Å²) in [4.78, 5) is 139. The molecule has 9 heterocycles. The van der Waals surface area contributed by atoms with Gasteiger partial charge in [0.15, 0.2) is 35.5 Å². The number of carbonyl (C=O) groups is 9. The van der Waals surface area contributed by atoms with Crippen LogP contribution in [0.2, 0.25) is 0 Å². The lowest BCUT2D eigenvalue weighted by atomic mass is 9.68. The number of likely N-dealkylation sites (N-methyl/N-ethyl adjacent to an activating group) is 1. The number of aliphatic hydroxyl groups excluding tert-OH is 4. The van der Waals surface area contributed by atoms with Crippen LogP contribution in [0.1, 0.15) is 114 Å². The average Bonchev–Trinajstić information content (AvgIpc) is 1.02. The second-order valence-corrected chi connectivity index (χ2v) is 40.0. The lowest BCUT2D eigenvalue weighted by molar-refractivity contribution is -0.326. The van der Waals surface area contributed by atoms with E-state index in [1.807, 2.05) is 71.1 Å². The van der Waals surface area contributed by atoms with Gasteiger partial charge in [-0.3, -0.25) is 43.2 Å². The number of ether oxygens (including phenoxy) is 12. The molecular weight excluding hydrogens is 1920 g/mol. The summed E-state index contributed by atoms with van der Waals surface area (Å²) >= 11 is 5.59. The van der Waals surface area contributed by atoms with Gasteiger partial charge in [-0.2, -0.15) is 5.48 Å². The summed E-state index contributed by atoms with van der Waals surface area (Å²) in [5.74, 6) is 5.19. The number of rotatable bonds is 20. The van der Waals surface area contributed by atoms with Gasteiger partial charge < -0.3 is 120 Å². The van der Waals surface area contributed by atoms with Crippen molar-refractivity contribution in [1.82, 2.24) is 52.0 Å². The Hall–Kier alpha value is -7.63. The second kappa shape index (κ2) is 48.2. The fraction of sp³-hybridized carbons (Fsp3) is 0.598. The number of Topliss-reactive ketones (excluding diaryl/α,β-unsaturated/α-hetero) is 1. The van der Waals surface area contributed by atoms with Crippen molar-refractivity contribution in [3.05, 3.63) is 98.4 Å². The Labute approximate surface area is 793 Å². The third-order valence-corrected chi connectivity index (χ3v) is 30.7. The highest BCUT2D eigenvalue weighted by molar-refractivity contribution is 14.1. The number of nitrogens with zero attached hydrogens (tertiary/aromatic N) is 4. The Balaban J connectivity index is 0.946. The fourth-order valence-corrected chi connectivity index (χ4v) is 22.6. The minimum absolute atomic E-state index is 0.0137. The number of hydrogen-bond acceptors (Lipinski definition) is 35. The molecule has 0 radical (unpaired) electrons. The number of nitrogens with two attached hydrogens (primary N) is 1. The number of hydrogen-bond donors (Lipinski definition) is 12. The van der Waals surface area contributed by atoms with E-state index in [0.717, 1.165) is 28.3 Å². The molecule has 1 aromatic heterocycles. The molecule has 1 saturated carbocycles. The SMILES string of the molecule is CCN(C(C)=O)C1COCC(OC2C3OC(C)C(NOC4CC(O)C(SC(=O)c5c(c(I)c(OC6OC(C)C(O)C(OC)C6O)c(OC)c5OC)C[C@H](NC(=O)[C@H](CC(N)=O)NC(=O)CCCn5nnc6c5CSc5ccccccc(cc5)SC6)C(=O)NCCNC(=O)CC(C)(C)SSC/C=C5\C6C(NC(=O)OC)C(=O)C[C@@]5(O)C#C/C=C\C#C[C@@H]6O3)C(C)O4)C2O)C1OC. The number of ketones is 1. The summed E-state index contributed by atoms with van der Waals surface area (Å²) in [7, 11) is 8.76. The number of halogens is 1. The number of aliphatic hydroxyl groups is 5. The summed E-state index contributed by atoms with van der Waals surface area (Å²) in [5, 5.41) is 81.8. The predicted molar refractivity (Wildman–Crippen MR) is 490 cm³/mol. The van der Waals surface area contributed by atoms with Gasteiger partial charge in [-0.25, -0.2) is 9.48 Å². The first-order valence-electron chi connectivity index (χ1n) is 42.6. The monoisotopic (exact) mass is 2030 g/mol. The number of nitrogens with one attached hydrogen (secondary N) is 6. The molecule has 19 unspecified atom stereocenters. The summed E-state index contributed by atoms with van der Waals surface area (Å²) in [5.41, 5.74) is 7.75. The van der Waals surface area contributed by atoms with E-state index in [9.17, 15) is 54.3 Å². The molecule has 131 heavy (non-hydrogen) atoms. The van der Waals surface area contributed by atoms with Crippen molar-refractivity contribution in [3.8, 4) is 40.9 Å². The maximum Gasteiger partial charge on any atom is 0.407 e. The molecule has 2 aromatic carbocycles. The largest absolute Gasteiger partial charge is 0.492 e. The molecule has 13 rings (SSSR count). The molecule has 38 nitrogen and oxygen atoms in total. The van der Waals surface area contributed by atoms with Gasteiger partial charge in [0.2, 0.25) is 52.6 Å². The number of hydroxylamine groups is 1. The van der Waals surface area contributed by atoms with Crippen LogP contribution in [0.4, 0.5) is 4.79 Å². The highest BCUT2D eigenvalue weighted by Gasteiger charge is 2.56. The van der Waals surface area contributed by atoms with Gasteiger partial charge in [0.25, 0.3) is 0 Å². The number of benzene rings is 1. The van der Waals surface area contributed by atoms with Gasteiger partial charge in [0.05, 0.1) is 110 Å². The molecule has 5 fully saturated rings. The van der Waals surface area contributed by atoms with E-state index in [1.165, 1.54) is 76.0 Å². The zero-order chi connectivity index (χ0) is 94.7. The minimum atomic E-state index is -2.24. The van der Waals surface area contributed by atoms with E-state index in [4.69, 9.17) is 67.4 Å². The number of primary amides is 1. The molecule has 10 aliphatic rings. The van der Waals surface area contributed by atoms with Crippen molar-refractivity contribution in [2.24, 2.45) is 11.7 Å². The summed E-state index contributed by atoms with van der Waals surface area (Å²) < 4.78 is 75.5. The maximum atomic E-state index is 16.0. The van der Waals surface area contributed by atoms with Gasteiger partial charge in [-0.1, -0.05) is 92.6 Å². The zero-order valence-corrected chi connectivity index (χ0v) is 80.6. The maximum absolute atomic E-state index is 16.0. The van der Waals surface area contributed by atoms with Crippen molar-refractivity contribution in [3.63, 3.8) is 0 Å². The number of aromatic nitrogens is 3. The van der Waals surface area contributed by atoms with Crippen molar-refractivity contribution >= 4 is 132 Å². The zero-order valence-electron chi connectivity index (χ0n) is 74.4. The molecule has 7 amide bonds. The van der Waals surface area contributed by atoms with Crippen LogP contribution < -0.4 is 52.0 Å². The Kier molecular flexibility index (Phi) is 38.2. The summed E-state index contributed by atoms with van der Waals surface area (Å²) in [6.07, 6.45) is -19.9. The molecule has 3 aromatic rings. The topological polar surface area (TPSA) is 507 Å². The molecule has 13 N–H and O–H groups in total. The quantitative estimate of drug-likeness (QED) is 0.0334. The molecule has 0 spiro atoms. The highest BCUT2D eigenvalue weighted by Crippen LogP contribution is 2.51. The Bertz CT molecular complexity index is 4850. The number of aryl methyl sites for hydroxylation is 1. The van der Waals surface area contributed by atoms with Gasteiger partial charge in [-0.05, 0) is 118 Å². The summed E-state index contributed by atoms with van der Waals surface area (Å²) in [6, 6.07) is 8.80. The van der Waals surface area contributed by atoms with Crippen molar-refractivity contribution < 1.29 is 130 Å². The van der Waals surface area contributed by atoms with Crippen LogP contribution in [0, 0.1) is 33.2 Å². The third kappa shape index (κ3) is 26.4. The van der Waals surface area contributed by atoms with E-state index >= 15 is 14.4 Å². The van der Waals surface area contributed by atoms with E-state index in [2.05, 4.69) is 66.1 Å². The van der Waals surface area contributed by atoms with E-state index in [-0.39, 0.29) is 114 Å². The smallest absolute Gasteiger partial charge is 0.407 e. The number of carbonyl (C=O) groups excluding carboxylic acids is 9. The van der Waals surface area contributed by atoms with Crippen LogP contribution in [0.3, 0.4) is 0 Å². The second-order valence-electron chi connectivity index (χ2n) is 32.6. The molecule has 4 saturated heterocycles. The number of fused-ring (bicyclic) bond motifs is 6. The van der Waals surface area contributed by atoms with E-state index in [0.29, 0.717) is 23.3 Å². The molecule has 44 heteroatoms. The van der Waals surface area contributed by atoms with Crippen molar-refractivity contribution in [1.29, 1.82) is 0 Å². The van der Waals surface area contributed by atoms with Gasteiger partial charge in [0.1, 0.15) is 67.0 Å². The van der Waals surface area contributed by atoms with Gasteiger partial charge in [-0.15, -0.1) is 28.6 Å². The first kappa shape index (κ1) is 104. The third-order valence-electron chi connectivity index (χ3n) is 23.0. The number of amides is 7. The van der Waals surface area contributed by atoms with Crippen LogP contribution in [0.5, 0.6) is 17.2 Å². The first-order valence-corrected chi connectivity index (χ1v) is 48.9. The van der Waals surface area contributed by atoms with Gasteiger partial charge >= 0.3 is 6.09 Å². The molecule has 716 valence electrons. The molecule has 23 atom stereocenters. The number of methoxy groups -OCH3 is 5. The normalized spacial score (nSPS) is 31.7. The minimum Gasteiger partial charge on any atom is -0.492 e. The van der Waals surface area contributed by atoms with Crippen LogP contribution in [-0.2, 0) is 106 Å². The standard InChI is InChI=1S/C87H114IN11O27S5/c1-13-98(47(5)100)55-40-119-41-60(73(55)114-8)123-77-71(107)68-44(2)121-84(77)124-59-25-20-16-17-21-30-87(113)38-58(102)69(94-85(112)118-12)66(59)51(87)29-34-129-131-86(6,7)39-63(105)90-31-32-91-80(109)52(93-81(110)53(36-61(89)103)92-62(104)26-22-33-99-56-43-128-49-24-19-15-14-18-23-48(27-28-49)127-42-54(56)95-97-99)35-50-65(82(111)130-79-46(4)120-64(126-96-68)37-57(79)101)74(115-9)78(117-11)75(67(50)88)125-83-72(108)76(116-10)70(106)45(3)122-83/h14-19,23-24,27-29,44-46,52-53,55,57,59-60,64,66,68-73,76-77,79,83-84,96,101,106-108,113H,13,22,26,31-43H2,1-12H3,(H2,89,103)(H,90,105)(H,91,109)(H,92,104)(H,93,110)(H,94,112)/b15-14?,17-16-,18-14?,19-15?,23-18?,24-19?,28-27?,48-23?,48-27?,49-24?,49-28?,51-29+/t44?,45?,46?,52-,53-,55?,57?,59-,60?,64?,66?,68?,69?,70?,71?,72?,73?,76?,77?,79?,83?,84?,87-/m0/s1. The molecular formula is C87H114IN11O27S5. The van der Waals surface area contributed by atoms with Crippen molar-refractivity contribution in [2.75, 3.05) is 74.1 Å². The Morgan fingerprint density at radius 2 is 1.53 bits per heavy atom. The fourth-order valence-electron chi connectivity index (χ4n) is 16.5. The molecule has 10 bridgehead atoms. The first-order chi connectivity index (χ1) is 62.6. The molecule has 8 aliphatic heterocycles.